The molecule has 2 aliphatic rings. The Kier molecular flexibility index (Phi) is 4.78. The molecule has 1 fully saturated rings. The number of quaternary nitrogens is 1. The molecule has 0 unspecified atom stereocenters. The fourth-order valence-electron chi connectivity index (χ4n) is 4.17. The molecular formula is C21H25N4O2S+. The van der Waals surface area contributed by atoms with E-state index in [2.05, 4.69) is 27.2 Å². The summed E-state index contributed by atoms with van der Waals surface area (Å²) < 4.78 is 12.2. The first-order chi connectivity index (χ1) is 13.8. The van der Waals surface area contributed by atoms with Gasteiger partial charge in [0.2, 0.25) is 0 Å². The zero-order valence-corrected chi connectivity index (χ0v) is 16.9. The van der Waals surface area contributed by atoms with Gasteiger partial charge in [-0.3, -0.25) is 0 Å². The molecule has 0 saturated carbocycles. The van der Waals surface area contributed by atoms with E-state index < -0.39 is 0 Å². The predicted molar refractivity (Wildman–Crippen MR) is 111 cm³/mol. The lowest BCUT2D eigenvalue weighted by Crippen LogP contribution is -3.14. The van der Waals surface area contributed by atoms with Crippen LogP contribution in [0.4, 0.5) is 5.82 Å². The average molecular weight is 398 g/mol. The van der Waals surface area contributed by atoms with Crippen molar-refractivity contribution in [3.63, 3.8) is 0 Å². The van der Waals surface area contributed by atoms with Gasteiger partial charge in [0, 0.05) is 10.9 Å². The van der Waals surface area contributed by atoms with Gasteiger partial charge < -0.3 is 19.3 Å². The maximum atomic E-state index is 6.28. The first-order valence-corrected chi connectivity index (χ1v) is 10.9. The number of benzene rings is 1. The molecule has 0 amide bonds. The Hall–Kier alpha value is -2.38. The highest BCUT2D eigenvalue weighted by Gasteiger charge is 2.29. The molecule has 1 atom stereocenters. The van der Waals surface area contributed by atoms with Gasteiger partial charge in [-0.05, 0) is 18.6 Å². The Labute approximate surface area is 168 Å². The van der Waals surface area contributed by atoms with Gasteiger partial charge in [-0.15, -0.1) is 11.3 Å². The Morgan fingerprint density at radius 1 is 1.18 bits per heavy atom. The first-order valence-electron chi connectivity index (χ1n) is 10.0. The summed E-state index contributed by atoms with van der Waals surface area (Å²) in [6.45, 7) is 8.40. The number of rotatable bonds is 4. The van der Waals surface area contributed by atoms with Gasteiger partial charge in [0.05, 0.1) is 38.1 Å². The van der Waals surface area contributed by atoms with Crippen molar-refractivity contribution in [1.82, 2.24) is 9.97 Å². The van der Waals surface area contributed by atoms with Gasteiger partial charge >= 0.3 is 0 Å². The SMILES string of the molecule is CCC[NH+]1CCN(c2ncnc3scc([C@H]4COc5ccccc5O4)c23)CC1. The third-order valence-electron chi connectivity index (χ3n) is 5.61. The molecule has 28 heavy (non-hydrogen) atoms. The molecule has 4 heterocycles. The Balaban J connectivity index is 1.45. The van der Waals surface area contributed by atoms with Crippen molar-refractivity contribution in [3.8, 4) is 11.5 Å². The van der Waals surface area contributed by atoms with E-state index in [-0.39, 0.29) is 6.10 Å². The molecule has 7 heteroatoms. The highest BCUT2D eigenvalue weighted by Crippen LogP contribution is 2.41. The average Bonchev–Trinajstić information content (AvgIpc) is 3.19. The van der Waals surface area contributed by atoms with Crippen molar-refractivity contribution < 1.29 is 14.4 Å². The number of nitrogens with one attached hydrogen (secondary N) is 1. The summed E-state index contributed by atoms with van der Waals surface area (Å²) >= 11 is 1.66. The maximum Gasteiger partial charge on any atom is 0.162 e. The smallest absolute Gasteiger partial charge is 0.162 e. The lowest BCUT2D eigenvalue weighted by atomic mass is 10.1. The minimum atomic E-state index is -0.139. The molecule has 5 rings (SSSR count). The van der Waals surface area contributed by atoms with E-state index >= 15 is 0 Å². The van der Waals surface area contributed by atoms with Gasteiger partial charge in [0.25, 0.3) is 0 Å². The fourth-order valence-corrected chi connectivity index (χ4v) is 5.11. The second kappa shape index (κ2) is 7.56. The molecule has 2 aliphatic heterocycles. The maximum absolute atomic E-state index is 6.28. The molecule has 6 nitrogen and oxygen atoms in total. The van der Waals surface area contributed by atoms with E-state index in [1.165, 1.54) is 13.0 Å². The second-order valence-corrected chi connectivity index (χ2v) is 8.28. The van der Waals surface area contributed by atoms with Crippen molar-refractivity contribution in [2.24, 2.45) is 0 Å². The molecule has 3 aromatic rings. The molecule has 1 saturated heterocycles. The summed E-state index contributed by atoms with van der Waals surface area (Å²) in [4.78, 5) is 14.3. The van der Waals surface area contributed by atoms with Crippen molar-refractivity contribution >= 4 is 27.4 Å². The monoisotopic (exact) mass is 397 g/mol. The molecule has 1 aromatic carbocycles. The number of para-hydroxylation sites is 2. The molecule has 0 radical (unpaired) electrons. The minimum absolute atomic E-state index is 0.139. The van der Waals surface area contributed by atoms with Crippen LogP contribution in [0.3, 0.4) is 0 Å². The number of thiophene rings is 1. The predicted octanol–water partition coefficient (Wildman–Crippen LogP) is 2.32. The zero-order chi connectivity index (χ0) is 18.9. The summed E-state index contributed by atoms with van der Waals surface area (Å²) in [5, 5.41) is 3.28. The van der Waals surface area contributed by atoms with Gasteiger partial charge in [0.15, 0.2) is 17.6 Å². The molecule has 2 aromatic heterocycles. The minimum Gasteiger partial charge on any atom is -0.485 e. The van der Waals surface area contributed by atoms with Crippen LogP contribution in [0.25, 0.3) is 10.2 Å². The number of ether oxygens (including phenoxy) is 2. The topological polar surface area (TPSA) is 51.9 Å². The Bertz CT molecular complexity index is 968. The van der Waals surface area contributed by atoms with Crippen molar-refractivity contribution in [2.75, 3.05) is 44.2 Å². The van der Waals surface area contributed by atoms with E-state index in [0.717, 1.165) is 59.3 Å². The number of fused-ring (bicyclic) bond motifs is 2. The highest BCUT2D eigenvalue weighted by atomic mass is 32.1. The van der Waals surface area contributed by atoms with Crippen LogP contribution in [0.1, 0.15) is 25.0 Å². The van der Waals surface area contributed by atoms with Crippen molar-refractivity contribution in [2.45, 2.75) is 19.4 Å². The van der Waals surface area contributed by atoms with Crippen LogP contribution in [0, 0.1) is 0 Å². The third kappa shape index (κ3) is 3.18. The van der Waals surface area contributed by atoms with Gasteiger partial charge in [-0.2, -0.15) is 0 Å². The van der Waals surface area contributed by atoms with Gasteiger partial charge in [-0.25, -0.2) is 9.97 Å². The van der Waals surface area contributed by atoms with Crippen LogP contribution in [-0.2, 0) is 0 Å². The van der Waals surface area contributed by atoms with E-state index in [1.54, 1.807) is 22.6 Å². The molecule has 146 valence electrons. The number of anilines is 1. The van der Waals surface area contributed by atoms with Crippen LogP contribution in [0.5, 0.6) is 11.5 Å². The number of hydrogen-bond donors (Lipinski definition) is 1. The van der Waals surface area contributed by atoms with Crippen LogP contribution in [0.2, 0.25) is 0 Å². The lowest BCUT2D eigenvalue weighted by Gasteiger charge is -2.33. The largest absolute Gasteiger partial charge is 0.485 e. The number of hydrogen-bond acceptors (Lipinski definition) is 6. The molecule has 0 bridgehead atoms. The standard InChI is InChI=1S/C21H24N4O2S/c1-2-7-24-8-10-25(11-9-24)20-19-15(13-28-21(19)23-14-22-20)18-12-26-16-5-3-4-6-17(16)27-18/h3-6,13-14,18H,2,7-12H2,1H3/p+1/t18-/m1/s1. The summed E-state index contributed by atoms with van der Waals surface area (Å²) in [5.74, 6) is 2.65. The zero-order valence-electron chi connectivity index (χ0n) is 16.1. The quantitative estimate of drug-likeness (QED) is 0.732. The summed E-state index contributed by atoms with van der Waals surface area (Å²) in [6.07, 6.45) is 2.79. The molecule has 0 aliphatic carbocycles. The summed E-state index contributed by atoms with van der Waals surface area (Å²) in [5.41, 5.74) is 1.13. The van der Waals surface area contributed by atoms with E-state index in [0.29, 0.717) is 6.61 Å². The first kappa shape index (κ1) is 17.7. The molecule has 0 spiro atoms. The van der Waals surface area contributed by atoms with Crippen LogP contribution in [-0.4, -0.2) is 49.3 Å². The normalized spacial score (nSPS) is 19.9. The van der Waals surface area contributed by atoms with Crippen LogP contribution in [0.15, 0.2) is 36.0 Å². The van der Waals surface area contributed by atoms with Crippen molar-refractivity contribution in [3.05, 3.63) is 41.5 Å². The Morgan fingerprint density at radius 2 is 2.00 bits per heavy atom. The van der Waals surface area contributed by atoms with E-state index in [4.69, 9.17) is 9.47 Å². The van der Waals surface area contributed by atoms with Crippen LogP contribution < -0.4 is 19.3 Å². The van der Waals surface area contributed by atoms with Crippen molar-refractivity contribution in [1.29, 1.82) is 0 Å². The third-order valence-corrected chi connectivity index (χ3v) is 6.51. The van der Waals surface area contributed by atoms with E-state index in [9.17, 15) is 0 Å². The van der Waals surface area contributed by atoms with Crippen LogP contribution >= 0.6 is 11.3 Å². The summed E-state index contributed by atoms with van der Waals surface area (Å²) in [6, 6.07) is 7.85. The number of aromatic nitrogens is 2. The van der Waals surface area contributed by atoms with Gasteiger partial charge in [-0.1, -0.05) is 19.1 Å². The molecule has 1 N–H and O–H groups in total. The number of nitrogens with zero attached hydrogens (tertiary/aromatic N) is 3. The summed E-state index contributed by atoms with van der Waals surface area (Å²) in [7, 11) is 0. The Morgan fingerprint density at radius 3 is 2.82 bits per heavy atom. The fraction of sp³-hybridized carbons (Fsp3) is 0.429. The van der Waals surface area contributed by atoms with E-state index in [1.807, 2.05) is 24.3 Å². The second-order valence-electron chi connectivity index (χ2n) is 7.42. The lowest BCUT2D eigenvalue weighted by molar-refractivity contribution is -0.900. The van der Waals surface area contributed by atoms with Gasteiger partial charge in [0.1, 0.15) is 23.6 Å². The highest BCUT2D eigenvalue weighted by molar-refractivity contribution is 7.17. The number of piperazine rings is 1. The molecular weight excluding hydrogens is 372 g/mol.